The van der Waals surface area contributed by atoms with E-state index in [-0.39, 0.29) is 17.2 Å². The summed E-state index contributed by atoms with van der Waals surface area (Å²) < 4.78 is 27.5. The van der Waals surface area contributed by atoms with E-state index in [9.17, 15) is 18.3 Å². The maximum absolute atomic E-state index is 13.2. The number of rotatable bonds is 8. The molecule has 0 atom stereocenters. The Morgan fingerprint density at radius 1 is 1.06 bits per heavy atom. The predicted octanol–water partition coefficient (Wildman–Crippen LogP) is 3.70. The zero-order valence-corrected chi connectivity index (χ0v) is 18.8. The second-order valence-corrected chi connectivity index (χ2v) is 9.44. The fourth-order valence-electron chi connectivity index (χ4n) is 2.84. The van der Waals surface area contributed by atoms with Gasteiger partial charge < -0.3 is 5.11 Å². The summed E-state index contributed by atoms with van der Waals surface area (Å²) in [5.74, 6) is -0.613. The number of sulfonamides is 1. The Morgan fingerprint density at radius 2 is 1.72 bits per heavy atom. The highest BCUT2D eigenvalue weighted by molar-refractivity contribution is 7.89. The Hall–Kier alpha value is -3.20. The van der Waals surface area contributed by atoms with Crippen molar-refractivity contribution in [3.63, 3.8) is 0 Å². The van der Waals surface area contributed by atoms with Crippen molar-refractivity contribution in [2.45, 2.75) is 18.4 Å². The van der Waals surface area contributed by atoms with Gasteiger partial charge >= 0.3 is 0 Å². The van der Waals surface area contributed by atoms with Gasteiger partial charge in [0.15, 0.2) is 0 Å². The maximum Gasteiger partial charge on any atom is 0.255 e. The normalized spacial score (nSPS) is 11.7. The number of nitrogens with zero attached hydrogens (tertiary/aromatic N) is 2. The number of carbonyl (C=O) groups excluding carboxylic acids is 1. The number of aromatic hydroxyl groups is 1. The lowest BCUT2D eigenvalue weighted by Crippen LogP contribution is -2.39. The van der Waals surface area contributed by atoms with Crippen molar-refractivity contribution in [1.29, 1.82) is 0 Å². The van der Waals surface area contributed by atoms with Crippen LogP contribution in [0.3, 0.4) is 0 Å². The molecule has 2 N–H and O–H groups in total. The molecule has 7 nitrogen and oxygen atoms in total. The van der Waals surface area contributed by atoms with Crippen LogP contribution in [0.2, 0.25) is 5.02 Å². The van der Waals surface area contributed by atoms with Crippen molar-refractivity contribution in [3.8, 4) is 5.75 Å². The van der Waals surface area contributed by atoms with Gasteiger partial charge in [-0.2, -0.15) is 9.41 Å². The number of phenols is 1. The number of aryl methyl sites for hydroxylation is 1. The number of hydrogen-bond acceptors (Lipinski definition) is 5. The van der Waals surface area contributed by atoms with E-state index in [1.165, 1.54) is 36.5 Å². The molecule has 0 heterocycles. The lowest BCUT2D eigenvalue weighted by Gasteiger charge is -2.21. The summed E-state index contributed by atoms with van der Waals surface area (Å²) >= 11 is 5.88. The third-order valence-electron chi connectivity index (χ3n) is 4.58. The minimum Gasteiger partial charge on any atom is -0.507 e. The first-order valence-corrected chi connectivity index (χ1v) is 11.5. The largest absolute Gasteiger partial charge is 0.507 e. The topological polar surface area (TPSA) is 99.1 Å². The monoisotopic (exact) mass is 471 g/mol. The van der Waals surface area contributed by atoms with Crippen LogP contribution in [-0.2, 0) is 21.4 Å². The number of nitrogens with one attached hydrogen (secondary N) is 1. The van der Waals surface area contributed by atoms with Crippen LogP contribution in [0.5, 0.6) is 5.75 Å². The van der Waals surface area contributed by atoms with E-state index in [0.717, 1.165) is 15.4 Å². The Balaban J connectivity index is 1.80. The van der Waals surface area contributed by atoms with E-state index < -0.39 is 22.5 Å². The smallest absolute Gasteiger partial charge is 0.255 e. The molecule has 0 aromatic heterocycles. The van der Waals surface area contributed by atoms with E-state index in [4.69, 9.17) is 11.6 Å². The molecule has 0 fully saturated rings. The number of hydrazone groups is 1. The van der Waals surface area contributed by atoms with E-state index in [0.29, 0.717) is 10.6 Å². The van der Waals surface area contributed by atoms with Gasteiger partial charge in [0.25, 0.3) is 5.91 Å². The number of benzene rings is 3. The first-order valence-electron chi connectivity index (χ1n) is 9.67. The molecule has 0 unspecified atom stereocenters. The van der Waals surface area contributed by atoms with Gasteiger partial charge in [0.05, 0.1) is 17.7 Å². The van der Waals surface area contributed by atoms with Crippen molar-refractivity contribution >= 4 is 33.7 Å². The number of carbonyl (C=O) groups is 1. The molecule has 0 bridgehead atoms. The quantitative estimate of drug-likeness (QED) is 0.386. The summed E-state index contributed by atoms with van der Waals surface area (Å²) in [6.45, 7) is 1.49. The minimum atomic E-state index is -3.98. The molecule has 9 heteroatoms. The molecule has 0 saturated carbocycles. The van der Waals surface area contributed by atoms with Gasteiger partial charge in [0.2, 0.25) is 10.0 Å². The van der Waals surface area contributed by atoms with Gasteiger partial charge in [-0.25, -0.2) is 13.8 Å². The van der Waals surface area contributed by atoms with Gasteiger partial charge in [-0.3, -0.25) is 4.79 Å². The number of para-hydroxylation sites is 1. The van der Waals surface area contributed by atoms with Crippen LogP contribution in [0.15, 0.2) is 82.8 Å². The minimum absolute atomic E-state index is 0.00183. The van der Waals surface area contributed by atoms with Crippen molar-refractivity contribution in [2.24, 2.45) is 5.10 Å². The fourth-order valence-corrected chi connectivity index (χ4v) is 4.36. The number of hydrogen-bond donors (Lipinski definition) is 2. The Labute approximate surface area is 192 Å². The molecule has 0 radical (unpaired) electrons. The summed E-state index contributed by atoms with van der Waals surface area (Å²) in [5, 5.41) is 14.0. The molecule has 0 aliphatic carbocycles. The van der Waals surface area contributed by atoms with Crippen LogP contribution in [0.1, 0.15) is 16.7 Å². The van der Waals surface area contributed by atoms with Crippen molar-refractivity contribution in [2.75, 3.05) is 6.54 Å². The fraction of sp³-hybridized carbons (Fsp3) is 0.130. The summed E-state index contributed by atoms with van der Waals surface area (Å²) in [6.07, 6.45) is 1.28. The molecule has 0 aliphatic heterocycles. The van der Waals surface area contributed by atoms with Crippen LogP contribution in [0.25, 0.3) is 0 Å². The Bertz CT molecular complexity index is 1210. The zero-order valence-electron chi connectivity index (χ0n) is 17.3. The highest BCUT2D eigenvalue weighted by Crippen LogP contribution is 2.21. The third kappa shape index (κ3) is 6.16. The van der Waals surface area contributed by atoms with Gasteiger partial charge in [0.1, 0.15) is 5.75 Å². The Kier molecular flexibility index (Phi) is 7.63. The predicted molar refractivity (Wildman–Crippen MR) is 124 cm³/mol. The first-order chi connectivity index (χ1) is 15.3. The number of amides is 1. The average Bonchev–Trinajstić information content (AvgIpc) is 2.76. The van der Waals surface area contributed by atoms with E-state index >= 15 is 0 Å². The van der Waals surface area contributed by atoms with Crippen LogP contribution >= 0.6 is 11.6 Å². The second-order valence-electron chi connectivity index (χ2n) is 7.06. The molecule has 3 aromatic rings. The third-order valence-corrected chi connectivity index (χ3v) is 6.64. The molecule has 32 heavy (non-hydrogen) atoms. The molecule has 0 aliphatic rings. The van der Waals surface area contributed by atoms with Gasteiger partial charge in [-0.05, 0) is 48.9 Å². The summed E-state index contributed by atoms with van der Waals surface area (Å²) in [4.78, 5) is 12.5. The molecular formula is C23H22ClN3O4S. The summed E-state index contributed by atoms with van der Waals surface area (Å²) in [5.41, 5.74) is 4.50. The molecule has 0 spiro atoms. The van der Waals surface area contributed by atoms with E-state index in [1.807, 2.05) is 31.2 Å². The van der Waals surface area contributed by atoms with Gasteiger partial charge in [0, 0.05) is 17.1 Å². The first kappa shape index (κ1) is 23.5. The lowest BCUT2D eigenvalue weighted by molar-refractivity contribution is -0.121. The molecule has 1 amide bonds. The maximum atomic E-state index is 13.2. The van der Waals surface area contributed by atoms with Gasteiger partial charge in [-0.15, -0.1) is 0 Å². The number of phenolic OH excluding ortho intramolecular Hbond substituents is 1. The SMILES string of the molecule is Cc1ccc(CN(CC(=O)N/N=C\c2ccccc2O)S(=O)(=O)c2ccc(Cl)cc2)cc1. The molecular weight excluding hydrogens is 450 g/mol. The number of halogens is 1. The Morgan fingerprint density at radius 3 is 2.38 bits per heavy atom. The zero-order chi connectivity index (χ0) is 23.1. The van der Waals surface area contributed by atoms with Crippen molar-refractivity contribution in [1.82, 2.24) is 9.73 Å². The van der Waals surface area contributed by atoms with Crippen LogP contribution in [0.4, 0.5) is 0 Å². The van der Waals surface area contributed by atoms with E-state index in [2.05, 4.69) is 10.5 Å². The van der Waals surface area contributed by atoms with Crippen molar-refractivity contribution in [3.05, 3.63) is 94.5 Å². The molecule has 3 aromatic carbocycles. The van der Waals surface area contributed by atoms with Crippen LogP contribution in [0, 0.1) is 6.92 Å². The average molecular weight is 472 g/mol. The van der Waals surface area contributed by atoms with E-state index in [1.54, 1.807) is 18.2 Å². The van der Waals surface area contributed by atoms with Gasteiger partial charge in [-0.1, -0.05) is 53.6 Å². The highest BCUT2D eigenvalue weighted by Gasteiger charge is 2.27. The standard InChI is InChI=1S/C23H22ClN3O4S/c1-17-6-8-18(9-7-17)15-27(32(30,31)21-12-10-20(24)11-13-21)16-23(29)26-25-14-19-4-2-3-5-22(19)28/h2-14,28H,15-16H2,1H3,(H,26,29)/b25-14-. The molecule has 0 saturated heterocycles. The van der Waals surface area contributed by atoms with Crippen LogP contribution in [-0.4, -0.2) is 36.5 Å². The highest BCUT2D eigenvalue weighted by atomic mass is 35.5. The second kappa shape index (κ2) is 10.4. The molecule has 3 rings (SSSR count). The summed E-state index contributed by atoms with van der Waals surface area (Å²) in [7, 11) is -3.98. The lowest BCUT2D eigenvalue weighted by atomic mass is 10.1. The molecule has 166 valence electrons. The van der Waals surface area contributed by atoms with Crippen molar-refractivity contribution < 1.29 is 18.3 Å². The summed E-state index contributed by atoms with van der Waals surface area (Å²) in [6, 6.07) is 19.6. The van der Waals surface area contributed by atoms with Crippen LogP contribution < -0.4 is 5.43 Å².